The summed E-state index contributed by atoms with van der Waals surface area (Å²) in [4.78, 5) is 27.4. The molecule has 31 heavy (non-hydrogen) atoms. The van der Waals surface area contributed by atoms with Gasteiger partial charge in [0.25, 0.3) is 5.69 Å². The van der Waals surface area contributed by atoms with Crippen LogP contribution >= 0.6 is 11.8 Å². The van der Waals surface area contributed by atoms with E-state index in [0.29, 0.717) is 22.8 Å². The lowest BCUT2D eigenvalue weighted by atomic mass is 10.1. The quantitative estimate of drug-likeness (QED) is 0.216. The van der Waals surface area contributed by atoms with Crippen molar-refractivity contribution in [1.29, 1.82) is 0 Å². The van der Waals surface area contributed by atoms with Crippen LogP contribution < -0.4 is 4.74 Å². The number of hydrogen-bond donors (Lipinski definition) is 0. The normalized spacial score (nSPS) is 10.9. The first-order chi connectivity index (χ1) is 15.0. The van der Waals surface area contributed by atoms with Crippen molar-refractivity contribution in [3.8, 4) is 11.5 Å². The zero-order valence-corrected chi connectivity index (χ0v) is 17.5. The van der Waals surface area contributed by atoms with Gasteiger partial charge < -0.3 is 9.30 Å². The molecular weight excluding hydrogens is 414 g/mol. The molecule has 0 aliphatic rings. The summed E-state index contributed by atoms with van der Waals surface area (Å²) in [5, 5.41) is 11.6. The standard InChI is InChI=1S/C23H19N3O4S/c1-25-22-12-9-17(26(28)29)14-21(22)24-23(25)31-15-18(27)13-16-7-10-20(11-8-16)30-19-5-3-2-4-6-19/h2-12,14H,13,15H2,1H3. The summed E-state index contributed by atoms with van der Waals surface area (Å²) in [7, 11) is 1.83. The Morgan fingerprint density at radius 2 is 1.77 bits per heavy atom. The Hall–Kier alpha value is -3.65. The predicted molar refractivity (Wildman–Crippen MR) is 120 cm³/mol. The summed E-state index contributed by atoms with van der Waals surface area (Å²) in [6.07, 6.45) is 0.314. The van der Waals surface area contributed by atoms with Crippen LogP contribution in [-0.2, 0) is 18.3 Å². The third kappa shape index (κ3) is 4.92. The number of carbonyl (C=O) groups is 1. The number of thioether (sulfide) groups is 1. The number of fused-ring (bicyclic) bond motifs is 1. The Bertz CT molecular complexity index is 1240. The fraction of sp³-hybridized carbons (Fsp3) is 0.130. The number of aryl methyl sites for hydroxylation is 1. The number of imidazole rings is 1. The van der Waals surface area contributed by atoms with Crippen LogP contribution in [-0.4, -0.2) is 26.0 Å². The van der Waals surface area contributed by atoms with E-state index in [2.05, 4.69) is 4.98 Å². The number of rotatable bonds is 8. The van der Waals surface area contributed by atoms with E-state index in [1.807, 2.05) is 66.2 Å². The molecular formula is C23H19N3O4S. The van der Waals surface area contributed by atoms with Crippen molar-refractivity contribution in [2.75, 3.05) is 5.75 Å². The Labute approximate surface area is 182 Å². The topological polar surface area (TPSA) is 87.3 Å². The summed E-state index contributed by atoms with van der Waals surface area (Å²) in [5.41, 5.74) is 2.24. The molecule has 4 aromatic rings. The minimum Gasteiger partial charge on any atom is -0.457 e. The number of nitro groups is 1. The minimum absolute atomic E-state index is 0.00193. The van der Waals surface area contributed by atoms with E-state index in [1.54, 1.807) is 6.07 Å². The van der Waals surface area contributed by atoms with Gasteiger partial charge in [0.15, 0.2) is 5.16 Å². The molecule has 156 valence electrons. The Kier molecular flexibility index (Phi) is 5.99. The van der Waals surface area contributed by atoms with E-state index >= 15 is 0 Å². The van der Waals surface area contributed by atoms with Crippen LogP contribution in [0.2, 0.25) is 0 Å². The molecule has 1 aromatic heterocycles. The second-order valence-corrected chi connectivity index (χ2v) is 7.89. The van der Waals surface area contributed by atoms with E-state index in [9.17, 15) is 14.9 Å². The molecule has 7 nitrogen and oxygen atoms in total. The van der Waals surface area contributed by atoms with Gasteiger partial charge in [0, 0.05) is 25.6 Å². The number of aromatic nitrogens is 2. The molecule has 0 saturated heterocycles. The molecule has 0 N–H and O–H groups in total. The van der Waals surface area contributed by atoms with Gasteiger partial charge in [-0.25, -0.2) is 4.98 Å². The van der Waals surface area contributed by atoms with Crippen LogP contribution in [0.15, 0.2) is 78.0 Å². The Balaban J connectivity index is 1.36. The van der Waals surface area contributed by atoms with Crippen molar-refractivity contribution in [2.45, 2.75) is 11.6 Å². The number of non-ortho nitro benzene ring substituents is 1. The van der Waals surface area contributed by atoms with Crippen LogP contribution in [0.25, 0.3) is 11.0 Å². The number of ether oxygens (including phenoxy) is 1. The van der Waals surface area contributed by atoms with Crippen molar-refractivity contribution in [1.82, 2.24) is 9.55 Å². The number of nitro benzene ring substituents is 1. The molecule has 0 amide bonds. The minimum atomic E-state index is -0.444. The van der Waals surface area contributed by atoms with Gasteiger partial charge in [0.1, 0.15) is 17.3 Å². The summed E-state index contributed by atoms with van der Waals surface area (Å²) >= 11 is 1.33. The molecule has 4 rings (SSSR count). The summed E-state index contributed by atoms with van der Waals surface area (Å²) in [5.74, 6) is 1.81. The summed E-state index contributed by atoms with van der Waals surface area (Å²) < 4.78 is 7.61. The highest BCUT2D eigenvalue weighted by atomic mass is 32.2. The SMILES string of the molecule is Cn1c(SCC(=O)Cc2ccc(Oc3ccccc3)cc2)nc2cc([N+](=O)[O-])ccc21. The first kappa shape index (κ1) is 20.6. The molecule has 0 spiro atoms. The van der Waals surface area contributed by atoms with Gasteiger partial charge >= 0.3 is 0 Å². The van der Waals surface area contributed by atoms with Gasteiger partial charge in [-0.1, -0.05) is 42.1 Å². The molecule has 0 radical (unpaired) electrons. The number of benzene rings is 3. The van der Waals surface area contributed by atoms with Crippen LogP contribution in [0.1, 0.15) is 5.56 Å². The molecule has 0 saturated carbocycles. The highest BCUT2D eigenvalue weighted by Gasteiger charge is 2.14. The molecule has 0 unspecified atom stereocenters. The summed E-state index contributed by atoms with van der Waals surface area (Å²) in [6, 6.07) is 21.5. The van der Waals surface area contributed by atoms with Gasteiger partial charge in [0.2, 0.25) is 0 Å². The molecule has 3 aromatic carbocycles. The molecule has 0 aliphatic heterocycles. The lowest BCUT2D eigenvalue weighted by Crippen LogP contribution is -2.06. The molecule has 0 fully saturated rings. The van der Waals surface area contributed by atoms with Gasteiger partial charge in [-0.3, -0.25) is 14.9 Å². The van der Waals surface area contributed by atoms with Gasteiger partial charge in [-0.05, 0) is 35.9 Å². The Morgan fingerprint density at radius 3 is 2.48 bits per heavy atom. The van der Waals surface area contributed by atoms with E-state index < -0.39 is 4.92 Å². The first-order valence-corrected chi connectivity index (χ1v) is 10.6. The molecule has 0 bridgehead atoms. The first-order valence-electron chi connectivity index (χ1n) is 9.57. The smallest absolute Gasteiger partial charge is 0.271 e. The molecule has 0 aliphatic carbocycles. The lowest BCUT2D eigenvalue weighted by Gasteiger charge is -2.07. The average Bonchev–Trinajstić information content (AvgIpc) is 3.09. The van der Waals surface area contributed by atoms with Crippen LogP contribution in [0.5, 0.6) is 11.5 Å². The fourth-order valence-electron chi connectivity index (χ4n) is 3.13. The maximum atomic E-state index is 12.5. The fourth-order valence-corrected chi connectivity index (χ4v) is 3.98. The van der Waals surface area contributed by atoms with Crippen molar-refractivity contribution >= 4 is 34.3 Å². The third-order valence-corrected chi connectivity index (χ3v) is 5.79. The number of hydrogen-bond acceptors (Lipinski definition) is 6. The van der Waals surface area contributed by atoms with Crippen molar-refractivity contribution in [3.63, 3.8) is 0 Å². The van der Waals surface area contributed by atoms with Crippen LogP contribution in [0.4, 0.5) is 5.69 Å². The molecule has 1 heterocycles. The third-order valence-electron chi connectivity index (χ3n) is 4.70. The molecule has 8 heteroatoms. The number of para-hydroxylation sites is 1. The highest BCUT2D eigenvalue weighted by molar-refractivity contribution is 7.99. The second kappa shape index (κ2) is 9.01. The van der Waals surface area contributed by atoms with Crippen LogP contribution in [0, 0.1) is 10.1 Å². The maximum Gasteiger partial charge on any atom is 0.271 e. The zero-order valence-electron chi connectivity index (χ0n) is 16.7. The number of nitrogens with zero attached hydrogens (tertiary/aromatic N) is 3. The largest absolute Gasteiger partial charge is 0.457 e. The molecule has 0 atom stereocenters. The van der Waals surface area contributed by atoms with Gasteiger partial charge in [-0.15, -0.1) is 0 Å². The van der Waals surface area contributed by atoms with E-state index in [0.717, 1.165) is 16.8 Å². The lowest BCUT2D eigenvalue weighted by molar-refractivity contribution is -0.384. The number of carbonyl (C=O) groups excluding carboxylic acids is 1. The monoisotopic (exact) mass is 433 g/mol. The Morgan fingerprint density at radius 1 is 1.06 bits per heavy atom. The highest BCUT2D eigenvalue weighted by Crippen LogP contribution is 2.26. The van der Waals surface area contributed by atoms with E-state index in [4.69, 9.17) is 4.74 Å². The van der Waals surface area contributed by atoms with Crippen molar-refractivity contribution in [3.05, 3.63) is 88.5 Å². The van der Waals surface area contributed by atoms with Crippen molar-refractivity contribution < 1.29 is 14.5 Å². The van der Waals surface area contributed by atoms with Crippen molar-refractivity contribution in [2.24, 2.45) is 7.05 Å². The number of Topliss-reactive ketones (excluding diaryl/α,β-unsaturated/α-hetero) is 1. The van der Waals surface area contributed by atoms with Gasteiger partial charge in [-0.2, -0.15) is 0 Å². The average molecular weight is 433 g/mol. The van der Waals surface area contributed by atoms with Gasteiger partial charge in [0.05, 0.1) is 21.7 Å². The zero-order chi connectivity index (χ0) is 21.8. The summed E-state index contributed by atoms with van der Waals surface area (Å²) in [6.45, 7) is 0. The van der Waals surface area contributed by atoms with Crippen LogP contribution in [0.3, 0.4) is 0 Å². The second-order valence-electron chi connectivity index (χ2n) is 6.95. The van der Waals surface area contributed by atoms with E-state index in [1.165, 1.54) is 23.9 Å². The van der Waals surface area contributed by atoms with E-state index in [-0.39, 0.29) is 17.2 Å². The predicted octanol–water partition coefficient (Wildman–Crippen LogP) is 5.18. The maximum absolute atomic E-state index is 12.5. The number of ketones is 1.